The van der Waals surface area contributed by atoms with Crippen LogP contribution in [0.3, 0.4) is 0 Å². The minimum Gasteiger partial charge on any atom is -0.345 e. The van der Waals surface area contributed by atoms with E-state index in [1.807, 2.05) is 13.8 Å². The van der Waals surface area contributed by atoms with E-state index in [1.165, 1.54) is 87.1 Å². The SMILES string of the molecule is CC(C)C(=O)CCCSCC(=O)CCCC(=O)N(C)CC(=O)N(C)CC(=O)N(C)CC(=O)N(C)CC(=O)N(C)CC(=O)N(C)CC(=O)N(C)CC(=O)N(C)CC(=O)N(C)CC(=O)N(C)CC(=O)N[C@@H](C)C(=O)C(C)C. The molecule has 0 unspecified atom stereocenters. The summed E-state index contributed by atoms with van der Waals surface area (Å²) in [5.74, 6) is -5.67. The lowest BCUT2D eigenvalue weighted by Gasteiger charge is -2.27. The zero-order valence-corrected chi connectivity index (χ0v) is 47.7. The van der Waals surface area contributed by atoms with Crippen molar-refractivity contribution in [3.05, 3.63) is 0 Å². The maximum Gasteiger partial charge on any atom is 0.242 e. The van der Waals surface area contributed by atoms with Gasteiger partial charge in [-0.3, -0.25) is 67.1 Å². The Labute approximate surface area is 446 Å². The van der Waals surface area contributed by atoms with E-state index >= 15 is 0 Å². The number of Topliss-reactive ketones (excluding diaryl/α,β-unsaturated/α-hetero) is 3. The Morgan fingerprint density at radius 2 is 0.627 bits per heavy atom. The van der Waals surface area contributed by atoms with E-state index in [0.717, 1.165) is 44.1 Å². The number of nitrogens with one attached hydrogen (secondary N) is 1. The molecular formula is C49H83N11O14S. The van der Waals surface area contributed by atoms with Gasteiger partial charge in [0.05, 0.1) is 77.2 Å². The number of ketones is 3. The average molecular weight is 1080 g/mol. The molecule has 0 aromatic carbocycles. The standard InChI is InChI=1S/C49H83N11O14S/c1-33(2)37(62)19-17-21-75-32-36(61)18-16-20-39(64)52(7)23-41(66)54(9)25-43(68)56(11)27-45(70)58(13)29-47(72)60(15)31-48(73)59(14)30-46(71)57(12)28-44(69)55(10)26-42(67)53(8)24-40(65)51(6)22-38(63)50-35(5)49(74)34(3)4/h33-35H,16-32H2,1-15H3,(H,50,63)/t35-/m0/s1. The number of carbonyl (C=O) groups is 14. The van der Waals surface area contributed by atoms with E-state index < -0.39 is 117 Å². The number of likely N-dealkylation sites (N-methyl/N-ethyl adjacent to an activating group) is 10. The quantitative estimate of drug-likeness (QED) is 0.0669. The molecule has 1 atom stereocenters. The molecule has 0 fully saturated rings. The molecule has 26 heteroatoms. The second-order valence-corrected chi connectivity index (χ2v) is 20.6. The third-order valence-electron chi connectivity index (χ3n) is 11.8. The van der Waals surface area contributed by atoms with Crippen LogP contribution in [0.1, 0.15) is 66.7 Å². The van der Waals surface area contributed by atoms with Crippen molar-refractivity contribution < 1.29 is 67.1 Å². The molecule has 0 radical (unpaired) electrons. The third-order valence-corrected chi connectivity index (χ3v) is 12.9. The molecule has 424 valence electrons. The number of nitrogens with zero attached hydrogens (tertiary/aromatic N) is 10. The normalized spacial score (nSPS) is 11.2. The van der Waals surface area contributed by atoms with Crippen molar-refractivity contribution >= 4 is 94.1 Å². The number of thioether (sulfide) groups is 1. The van der Waals surface area contributed by atoms with Gasteiger partial charge in [-0.2, -0.15) is 11.8 Å². The summed E-state index contributed by atoms with van der Waals surface area (Å²) >= 11 is 1.45. The van der Waals surface area contributed by atoms with E-state index in [2.05, 4.69) is 5.32 Å². The van der Waals surface area contributed by atoms with Gasteiger partial charge >= 0.3 is 0 Å². The predicted octanol–water partition coefficient (Wildman–Crippen LogP) is -2.22. The average Bonchev–Trinajstić information content (AvgIpc) is 3.32. The van der Waals surface area contributed by atoms with Crippen molar-refractivity contribution in [1.82, 2.24) is 54.3 Å². The largest absolute Gasteiger partial charge is 0.345 e. The van der Waals surface area contributed by atoms with Gasteiger partial charge in [0.15, 0.2) is 5.78 Å². The fourth-order valence-electron chi connectivity index (χ4n) is 6.39. The first-order valence-electron chi connectivity index (χ1n) is 24.5. The van der Waals surface area contributed by atoms with Gasteiger partial charge in [0.2, 0.25) is 65.0 Å². The second kappa shape index (κ2) is 34.2. The van der Waals surface area contributed by atoms with Gasteiger partial charge in [0.1, 0.15) is 11.6 Å². The Balaban J connectivity index is 4.82. The Bertz CT molecular complexity index is 2070. The summed E-state index contributed by atoms with van der Waals surface area (Å²) in [7, 11) is 13.5. The molecule has 0 aliphatic carbocycles. The molecule has 0 saturated carbocycles. The molecule has 0 rings (SSSR count). The molecular weight excluding hydrogens is 999 g/mol. The van der Waals surface area contributed by atoms with Crippen molar-refractivity contribution in [1.29, 1.82) is 0 Å². The van der Waals surface area contributed by atoms with Gasteiger partial charge in [-0.15, -0.1) is 0 Å². The predicted molar refractivity (Wildman–Crippen MR) is 279 cm³/mol. The lowest BCUT2D eigenvalue weighted by Crippen LogP contribution is -2.49. The van der Waals surface area contributed by atoms with Crippen LogP contribution in [-0.2, 0) is 67.1 Å². The highest BCUT2D eigenvalue weighted by atomic mass is 32.2. The van der Waals surface area contributed by atoms with Crippen LogP contribution in [0.25, 0.3) is 0 Å². The maximum absolute atomic E-state index is 13.0. The van der Waals surface area contributed by atoms with Crippen molar-refractivity contribution in [3.63, 3.8) is 0 Å². The van der Waals surface area contributed by atoms with Crippen LogP contribution in [0.15, 0.2) is 0 Å². The molecule has 0 heterocycles. The second-order valence-electron chi connectivity index (χ2n) is 19.5. The van der Waals surface area contributed by atoms with Gasteiger partial charge in [-0.1, -0.05) is 27.7 Å². The molecule has 1 N–H and O–H groups in total. The first kappa shape index (κ1) is 68.5. The highest BCUT2D eigenvalue weighted by molar-refractivity contribution is 7.99. The van der Waals surface area contributed by atoms with Gasteiger partial charge in [-0.05, 0) is 25.5 Å². The molecule has 0 aliphatic heterocycles. The molecule has 0 spiro atoms. The van der Waals surface area contributed by atoms with Crippen molar-refractivity contribution in [2.24, 2.45) is 11.8 Å². The summed E-state index contributed by atoms with van der Waals surface area (Å²) in [5, 5.41) is 2.54. The van der Waals surface area contributed by atoms with E-state index in [0.29, 0.717) is 30.8 Å². The Morgan fingerprint density at radius 1 is 0.347 bits per heavy atom. The smallest absolute Gasteiger partial charge is 0.242 e. The zero-order valence-electron chi connectivity index (χ0n) is 46.8. The van der Waals surface area contributed by atoms with E-state index in [4.69, 9.17) is 0 Å². The Kier molecular flexibility index (Phi) is 31.2. The first-order chi connectivity index (χ1) is 34.7. The molecule has 11 amide bonds. The number of hydrogen-bond acceptors (Lipinski definition) is 15. The number of rotatable bonds is 34. The monoisotopic (exact) mass is 1080 g/mol. The van der Waals surface area contributed by atoms with Crippen LogP contribution in [0, 0.1) is 11.8 Å². The van der Waals surface area contributed by atoms with Crippen LogP contribution >= 0.6 is 11.8 Å². The van der Waals surface area contributed by atoms with Crippen LogP contribution in [0.2, 0.25) is 0 Å². The minimum atomic E-state index is -0.738. The van der Waals surface area contributed by atoms with Gasteiger partial charge < -0.3 is 54.3 Å². The van der Waals surface area contributed by atoms with Crippen LogP contribution in [-0.4, -0.2) is 285 Å². The van der Waals surface area contributed by atoms with Crippen molar-refractivity contribution in [2.75, 3.05) is 147 Å². The van der Waals surface area contributed by atoms with Crippen LogP contribution in [0.4, 0.5) is 0 Å². The zero-order chi connectivity index (χ0) is 58.0. The third kappa shape index (κ3) is 27.1. The van der Waals surface area contributed by atoms with Gasteiger partial charge in [0, 0.05) is 102 Å². The summed E-state index contributed by atoms with van der Waals surface area (Å²) < 4.78 is 0. The molecule has 0 aromatic heterocycles. The lowest BCUT2D eigenvalue weighted by molar-refractivity contribution is -0.146. The summed E-state index contributed by atoms with van der Waals surface area (Å²) in [5.41, 5.74) is 0. The maximum atomic E-state index is 13.0. The fraction of sp³-hybridized carbons (Fsp3) is 0.714. The van der Waals surface area contributed by atoms with Crippen molar-refractivity contribution in [2.45, 2.75) is 72.8 Å². The topological polar surface area (TPSA) is 283 Å². The van der Waals surface area contributed by atoms with E-state index in [-0.39, 0.29) is 61.0 Å². The molecule has 0 aromatic rings. The molecule has 25 nitrogen and oxygen atoms in total. The number of amides is 11. The van der Waals surface area contributed by atoms with E-state index in [9.17, 15) is 67.1 Å². The summed E-state index contributed by atoms with van der Waals surface area (Å²) in [6, 6.07) is -0.738. The molecule has 75 heavy (non-hydrogen) atoms. The summed E-state index contributed by atoms with van der Waals surface area (Å²) in [4.78, 5) is 188. The Morgan fingerprint density at radius 3 is 0.907 bits per heavy atom. The van der Waals surface area contributed by atoms with E-state index in [1.54, 1.807) is 20.8 Å². The lowest BCUT2D eigenvalue weighted by atomic mass is 10.0. The first-order valence-corrected chi connectivity index (χ1v) is 25.7. The molecule has 0 saturated heterocycles. The highest BCUT2D eigenvalue weighted by Gasteiger charge is 2.27. The summed E-state index contributed by atoms with van der Waals surface area (Å²) in [6.07, 6.45) is 1.76. The Hall–Kier alpha value is -6.47. The number of carbonyl (C=O) groups excluding carboxylic acids is 14. The highest BCUT2D eigenvalue weighted by Crippen LogP contribution is 2.11. The molecule has 0 bridgehead atoms. The summed E-state index contributed by atoms with van der Waals surface area (Å²) in [6.45, 7) is 4.41. The minimum absolute atomic E-state index is 0.00567. The van der Waals surface area contributed by atoms with Crippen molar-refractivity contribution in [3.8, 4) is 0 Å². The number of hydrogen-bond donors (Lipinski definition) is 1. The van der Waals surface area contributed by atoms with Gasteiger partial charge in [-0.25, -0.2) is 0 Å². The van der Waals surface area contributed by atoms with Crippen LogP contribution < -0.4 is 5.32 Å². The van der Waals surface area contributed by atoms with Gasteiger partial charge in [0.25, 0.3) is 0 Å². The van der Waals surface area contributed by atoms with Crippen LogP contribution in [0.5, 0.6) is 0 Å². The molecule has 0 aliphatic rings. The fourth-order valence-corrected chi connectivity index (χ4v) is 7.26.